The minimum absolute atomic E-state index is 0.0186. The molecule has 0 aliphatic rings. The molecule has 0 aliphatic heterocycles. The van der Waals surface area contributed by atoms with Gasteiger partial charge in [0.2, 0.25) is 5.91 Å². The zero-order valence-electron chi connectivity index (χ0n) is 18.7. The fourth-order valence-corrected chi connectivity index (χ4v) is 3.79. The van der Waals surface area contributed by atoms with Crippen molar-refractivity contribution in [3.63, 3.8) is 0 Å². The number of carbonyl (C=O) groups excluding carboxylic acids is 1. The van der Waals surface area contributed by atoms with Crippen LogP contribution in [0, 0.1) is 5.92 Å². The minimum Gasteiger partial charge on any atom is -0.352 e. The standard InChI is InChI=1S/C23H31N5O3/c1-5-9-17(4)25-19(29)14-28-22(30)20-21(24-15-26(20)12-16(2)3)27(23(28)31)13-18-10-7-6-8-11-18/h6-8,10-11,15-17H,5,9,12-14H2,1-4H3,(H,25,29). The highest BCUT2D eigenvalue weighted by atomic mass is 16.2. The van der Waals surface area contributed by atoms with Crippen molar-refractivity contribution >= 4 is 17.1 Å². The first kappa shape index (κ1) is 22.5. The van der Waals surface area contributed by atoms with E-state index in [-0.39, 0.29) is 31.0 Å². The Kier molecular flexibility index (Phi) is 7.09. The van der Waals surface area contributed by atoms with Crippen molar-refractivity contribution in [3.8, 4) is 0 Å². The molecule has 3 aromatic rings. The molecule has 1 unspecified atom stereocenters. The number of hydrogen-bond acceptors (Lipinski definition) is 4. The molecule has 31 heavy (non-hydrogen) atoms. The van der Waals surface area contributed by atoms with Crippen LogP contribution in [0.4, 0.5) is 0 Å². The first-order valence-corrected chi connectivity index (χ1v) is 10.8. The quantitative estimate of drug-likeness (QED) is 0.570. The predicted octanol–water partition coefficient (Wildman–Crippen LogP) is 2.37. The maximum atomic E-state index is 13.3. The van der Waals surface area contributed by atoms with E-state index in [2.05, 4.69) is 10.3 Å². The molecule has 3 rings (SSSR count). The number of carbonyl (C=O) groups is 1. The van der Waals surface area contributed by atoms with E-state index in [0.717, 1.165) is 23.0 Å². The Hall–Kier alpha value is -3.16. The van der Waals surface area contributed by atoms with Crippen LogP contribution in [-0.4, -0.2) is 30.6 Å². The average molecular weight is 426 g/mol. The molecule has 0 saturated heterocycles. The lowest BCUT2D eigenvalue weighted by molar-refractivity contribution is -0.122. The third-order valence-electron chi connectivity index (χ3n) is 5.16. The summed E-state index contributed by atoms with van der Waals surface area (Å²) in [4.78, 5) is 43.5. The van der Waals surface area contributed by atoms with Crippen LogP contribution in [0.3, 0.4) is 0 Å². The van der Waals surface area contributed by atoms with Crippen molar-refractivity contribution in [3.05, 3.63) is 63.1 Å². The van der Waals surface area contributed by atoms with Gasteiger partial charge in [0, 0.05) is 12.6 Å². The second-order valence-electron chi connectivity index (χ2n) is 8.47. The predicted molar refractivity (Wildman–Crippen MR) is 121 cm³/mol. The number of rotatable bonds is 9. The number of nitrogens with one attached hydrogen (secondary N) is 1. The maximum absolute atomic E-state index is 13.3. The monoisotopic (exact) mass is 425 g/mol. The molecule has 0 aliphatic carbocycles. The summed E-state index contributed by atoms with van der Waals surface area (Å²) < 4.78 is 4.28. The SMILES string of the molecule is CCCC(C)NC(=O)Cn1c(=O)c2c(ncn2CC(C)C)n(Cc2ccccc2)c1=O. The van der Waals surface area contributed by atoms with Gasteiger partial charge in [-0.2, -0.15) is 0 Å². The second kappa shape index (κ2) is 9.76. The molecule has 0 fully saturated rings. The number of amides is 1. The molecule has 0 saturated carbocycles. The molecular formula is C23H31N5O3. The Balaban J connectivity index is 2.11. The summed E-state index contributed by atoms with van der Waals surface area (Å²) in [7, 11) is 0. The fourth-order valence-electron chi connectivity index (χ4n) is 3.79. The van der Waals surface area contributed by atoms with Crippen molar-refractivity contribution in [1.82, 2.24) is 24.0 Å². The molecule has 0 radical (unpaired) electrons. The van der Waals surface area contributed by atoms with E-state index in [1.807, 2.05) is 58.0 Å². The Morgan fingerprint density at radius 2 is 1.81 bits per heavy atom. The van der Waals surface area contributed by atoms with Gasteiger partial charge in [0.05, 0.1) is 12.9 Å². The summed E-state index contributed by atoms with van der Waals surface area (Å²) in [5.74, 6) is -0.0568. The molecule has 2 aromatic heterocycles. The van der Waals surface area contributed by atoms with Crippen LogP contribution in [0.2, 0.25) is 0 Å². The first-order chi connectivity index (χ1) is 14.8. The third-order valence-corrected chi connectivity index (χ3v) is 5.16. The Morgan fingerprint density at radius 1 is 1.10 bits per heavy atom. The van der Waals surface area contributed by atoms with Crippen LogP contribution in [0.1, 0.15) is 46.1 Å². The van der Waals surface area contributed by atoms with Gasteiger partial charge >= 0.3 is 5.69 Å². The molecule has 0 bridgehead atoms. The van der Waals surface area contributed by atoms with Crippen molar-refractivity contribution in [2.45, 2.75) is 66.2 Å². The number of benzene rings is 1. The van der Waals surface area contributed by atoms with Crippen LogP contribution in [0.5, 0.6) is 0 Å². The Labute approximate surface area is 181 Å². The highest BCUT2D eigenvalue weighted by Crippen LogP contribution is 2.11. The van der Waals surface area contributed by atoms with Gasteiger partial charge in [-0.3, -0.25) is 14.2 Å². The molecule has 1 atom stereocenters. The number of nitrogens with zero attached hydrogens (tertiary/aromatic N) is 4. The minimum atomic E-state index is -0.533. The summed E-state index contributed by atoms with van der Waals surface area (Å²) >= 11 is 0. The van der Waals surface area contributed by atoms with Crippen molar-refractivity contribution < 1.29 is 4.79 Å². The second-order valence-corrected chi connectivity index (χ2v) is 8.47. The lowest BCUT2D eigenvalue weighted by Gasteiger charge is -2.15. The van der Waals surface area contributed by atoms with Crippen LogP contribution >= 0.6 is 0 Å². The average Bonchev–Trinajstić information content (AvgIpc) is 3.12. The summed E-state index contributed by atoms with van der Waals surface area (Å²) in [6.07, 6.45) is 3.37. The van der Waals surface area contributed by atoms with E-state index in [4.69, 9.17) is 0 Å². The van der Waals surface area contributed by atoms with Crippen LogP contribution < -0.4 is 16.6 Å². The van der Waals surface area contributed by atoms with E-state index in [1.165, 1.54) is 4.57 Å². The van der Waals surface area contributed by atoms with Gasteiger partial charge in [-0.25, -0.2) is 14.3 Å². The molecule has 166 valence electrons. The van der Waals surface area contributed by atoms with E-state index in [1.54, 1.807) is 10.9 Å². The molecule has 8 nitrogen and oxygen atoms in total. The summed E-state index contributed by atoms with van der Waals surface area (Å²) in [5, 5.41) is 2.87. The number of hydrogen-bond donors (Lipinski definition) is 1. The van der Waals surface area contributed by atoms with Gasteiger partial charge in [-0.1, -0.05) is 57.5 Å². The molecule has 1 amide bonds. The van der Waals surface area contributed by atoms with Gasteiger partial charge in [0.15, 0.2) is 11.2 Å². The van der Waals surface area contributed by atoms with Gasteiger partial charge in [-0.15, -0.1) is 0 Å². The molecule has 1 aromatic carbocycles. The van der Waals surface area contributed by atoms with Gasteiger partial charge in [0.1, 0.15) is 6.54 Å². The van der Waals surface area contributed by atoms with Gasteiger partial charge in [-0.05, 0) is 24.8 Å². The topological polar surface area (TPSA) is 90.9 Å². The largest absolute Gasteiger partial charge is 0.352 e. The maximum Gasteiger partial charge on any atom is 0.333 e. The van der Waals surface area contributed by atoms with Gasteiger partial charge in [0.25, 0.3) is 5.56 Å². The van der Waals surface area contributed by atoms with E-state index >= 15 is 0 Å². The Bertz CT molecular complexity index is 1160. The molecule has 8 heteroatoms. The summed E-state index contributed by atoms with van der Waals surface area (Å²) in [6, 6.07) is 9.51. The smallest absolute Gasteiger partial charge is 0.333 e. The summed E-state index contributed by atoms with van der Waals surface area (Å²) in [5.41, 5.74) is 0.583. The van der Waals surface area contributed by atoms with Crippen molar-refractivity contribution in [2.24, 2.45) is 5.92 Å². The molecule has 1 N–H and O–H groups in total. The van der Waals surface area contributed by atoms with Crippen LogP contribution in [0.25, 0.3) is 11.2 Å². The van der Waals surface area contributed by atoms with Gasteiger partial charge < -0.3 is 9.88 Å². The molecular weight excluding hydrogens is 394 g/mol. The Morgan fingerprint density at radius 3 is 2.45 bits per heavy atom. The van der Waals surface area contributed by atoms with Crippen molar-refractivity contribution in [1.29, 1.82) is 0 Å². The number of imidazole rings is 1. The highest BCUT2D eigenvalue weighted by Gasteiger charge is 2.20. The van der Waals surface area contributed by atoms with Crippen molar-refractivity contribution in [2.75, 3.05) is 0 Å². The summed E-state index contributed by atoms with van der Waals surface area (Å²) in [6.45, 7) is 8.60. The van der Waals surface area contributed by atoms with E-state index < -0.39 is 11.2 Å². The zero-order chi connectivity index (χ0) is 22.5. The highest BCUT2D eigenvalue weighted by molar-refractivity contribution is 5.77. The van der Waals surface area contributed by atoms with Crippen LogP contribution in [0.15, 0.2) is 46.2 Å². The fraction of sp³-hybridized carbons (Fsp3) is 0.478. The zero-order valence-corrected chi connectivity index (χ0v) is 18.7. The number of fused-ring (bicyclic) bond motifs is 1. The normalized spacial score (nSPS) is 12.4. The van der Waals surface area contributed by atoms with Crippen LogP contribution in [-0.2, 0) is 24.4 Å². The molecule has 2 heterocycles. The lowest BCUT2D eigenvalue weighted by atomic mass is 10.2. The van der Waals surface area contributed by atoms with E-state index in [9.17, 15) is 14.4 Å². The molecule has 0 spiro atoms. The van der Waals surface area contributed by atoms with E-state index in [0.29, 0.717) is 17.7 Å². The first-order valence-electron chi connectivity index (χ1n) is 10.8. The lowest BCUT2D eigenvalue weighted by Crippen LogP contribution is -2.45. The third kappa shape index (κ3) is 5.13. The number of aromatic nitrogens is 4.